The lowest BCUT2D eigenvalue weighted by Gasteiger charge is -2.10. The summed E-state index contributed by atoms with van der Waals surface area (Å²) in [7, 11) is 3.14. The molecule has 0 aromatic heterocycles. The molecule has 2 N–H and O–H groups in total. The first kappa shape index (κ1) is 21.6. The maximum absolute atomic E-state index is 11.6. The van der Waals surface area contributed by atoms with Gasteiger partial charge in [-0.3, -0.25) is 5.43 Å². The first-order valence-corrected chi connectivity index (χ1v) is 9.47. The highest BCUT2D eigenvalue weighted by atomic mass is 79.9. The molecule has 2 aromatic rings. The number of nitrogens with zero attached hydrogens (tertiary/aromatic N) is 1. The van der Waals surface area contributed by atoms with E-state index in [9.17, 15) is 4.79 Å². The second-order valence-electron chi connectivity index (χ2n) is 5.36. The molecule has 0 amide bonds. The SMILES string of the molecule is CCOC(=O)c1ccc(NC(=S)N/N=C/c2cc(Br)c(OC)c(OC)c2)cc1. The quantitative estimate of drug-likeness (QED) is 0.277. The van der Waals surface area contributed by atoms with Crippen LogP contribution in [0.1, 0.15) is 22.8 Å². The van der Waals surface area contributed by atoms with Gasteiger partial charge in [-0.15, -0.1) is 0 Å². The van der Waals surface area contributed by atoms with Gasteiger partial charge in [0.1, 0.15) is 0 Å². The molecule has 0 saturated carbocycles. The predicted molar refractivity (Wildman–Crippen MR) is 117 cm³/mol. The van der Waals surface area contributed by atoms with Gasteiger partial charge in [0.15, 0.2) is 16.6 Å². The minimum Gasteiger partial charge on any atom is -0.493 e. The number of esters is 1. The van der Waals surface area contributed by atoms with Crippen molar-refractivity contribution in [3.05, 3.63) is 52.0 Å². The number of hydrazone groups is 1. The standard InChI is InChI=1S/C19H20BrN3O4S/c1-4-27-18(24)13-5-7-14(8-6-13)22-19(28)23-21-11-12-9-15(20)17(26-3)16(10-12)25-2/h5-11H,4H2,1-3H3,(H2,22,23,28)/b21-11+. The minimum atomic E-state index is -0.361. The van der Waals surface area contributed by atoms with Gasteiger partial charge in [-0.05, 0) is 77.0 Å². The average molecular weight is 466 g/mol. The van der Waals surface area contributed by atoms with Crippen molar-refractivity contribution in [2.75, 3.05) is 26.1 Å². The van der Waals surface area contributed by atoms with Crippen molar-refractivity contribution >= 4 is 51.1 Å². The second-order valence-corrected chi connectivity index (χ2v) is 6.62. The highest BCUT2D eigenvalue weighted by Gasteiger charge is 2.09. The zero-order valence-electron chi connectivity index (χ0n) is 15.6. The number of benzene rings is 2. The van der Waals surface area contributed by atoms with Crippen molar-refractivity contribution in [1.29, 1.82) is 0 Å². The maximum Gasteiger partial charge on any atom is 0.338 e. The van der Waals surface area contributed by atoms with Gasteiger partial charge < -0.3 is 19.5 Å². The van der Waals surface area contributed by atoms with E-state index in [1.54, 1.807) is 57.7 Å². The number of hydrogen-bond acceptors (Lipinski definition) is 6. The van der Waals surface area contributed by atoms with Gasteiger partial charge in [-0.25, -0.2) is 4.79 Å². The number of carbonyl (C=O) groups is 1. The van der Waals surface area contributed by atoms with E-state index in [0.29, 0.717) is 28.8 Å². The molecule has 7 nitrogen and oxygen atoms in total. The normalized spacial score (nSPS) is 10.4. The number of methoxy groups -OCH3 is 2. The van der Waals surface area contributed by atoms with Crippen molar-refractivity contribution in [3.8, 4) is 11.5 Å². The van der Waals surface area contributed by atoms with Gasteiger partial charge >= 0.3 is 5.97 Å². The fourth-order valence-corrected chi connectivity index (χ4v) is 3.03. The van der Waals surface area contributed by atoms with E-state index >= 15 is 0 Å². The Hall–Kier alpha value is -2.65. The van der Waals surface area contributed by atoms with Crippen molar-refractivity contribution in [1.82, 2.24) is 5.43 Å². The molecule has 0 fully saturated rings. The number of anilines is 1. The topological polar surface area (TPSA) is 81.2 Å². The number of rotatable bonds is 7. The molecule has 148 valence electrons. The average Bonchev–Trinajstić information content (AvgIpc) is 2.68. The number of carbonyl (C=O) groups excluding carboxylic acids is 1. The van der Waals surface area contributed by atoms with Crippen LogP contribution in [-0.4, -0.2) is 38.1 Å². The zero-order chi connectivity index (χ0) is 20.5. The Labute approximate surface area is 177 Å². The molecule has 0 aliphatic rings. The monoisotopic (exact) mass is 465 g/mol. The van der Waals surface area contributed by atoms with Gasteiger partial charge in [-0.2, -0.15) is 5.10 Å². The van der Waals surface area contributed by atoms with E-state index in [4.69, 9.17) is 26.4 Å². The Balaban J connectivity index is 1.95. The Bertz CT molecular complexity index is 872. The van der Waals surface area contributed by atoms with E-state index in [1.807, 2.05) is 6.07 Å². The lowest BCUT2D eigenvalue weighted by atomic mass is 10.2. The third kappa shape index (κ3) is 5.93. The summed E-state index contributed by atoms with van der Waals surface area (Å²) in [4.78, 5) is 11.6. The molecule has 0 unspecified atom stereocenters. The number of nitrogens with one attached hydrogen (secondary N) is 2. The van der Waals surface area contributed by atoms with Crippen molar-refractivity contribution in [2.45, 2.75) is 6.92 Å². The summed E-state index contributed by atoms with van der Waals surface area (Å²) >= 11 is 8.64. The Morgan fingerprint density at radius 3 is 2.54 bits per heavy atom. The first-order valence-electron chi connectivity index (χ1n) is 8.27. The summed E-state index contributed by atoms with van der Waals surface area (Å²) in [5, 5.41) is 7.39. The number of ether oxygens (including phenoxy) is 3. The summed E-state index contributed by atoms with van der Waals surface area (Å²) in [6.07, 6.45) is 1.60. The van der Waals surface area contributed by atoms with Crippen LogP contribution in [0.5, 0.6) is 11.5 Å². The van der Waals surface area contributed by atoms with Crippen molar-refractivity contribution < 1.29 is 19.0 Å². The maximum atomic E-state index is 11.6. The molecule has 0 spiro atoms. The summed E-state index contributed by atoms with van der Waals surface area (Å²) < 4.78 is 16.3. The first-order chi connectivity index (χ1) is 13.5. The van der Waals surface area contributed by atoms with Gasteiger partial charge in [0, 0.05) is 5.69 Å². The van der Waals surface area contributed by atoms with Gasteiger partial charge in [0.2, 0.25) is 0 Å². The van der Waals surface area contributed by atoms with Crippen molar-refractivity contribution in [2.24, 2.45) is 5.10 Å². The number of hydrogen-bond donors (Lipinski definition) is 2. The Morgan fingerprint density at radius 1 is 1.21 bits per heavy atom. The lowest BCUT2D eigenvalue weighted by molar-refractivity contribution is 0.0526. The lowest BCUT2D eigenvalue weighted by Crippen LogP contribution is -2.23. The van der Waals surface area contributed by atoms with E-state index in [1.165, 1.54) is 0 Å². The van der Waals surface area contributed by atoms with E-state index in [0.717, 1.165) is 15.7 Å². The molecule has 28 heavy (non-hydrogen) atoms. The van der Waals surface area contributed by atoms with Crippen LogP contribution in [0.25, 0.3) is 0 Å². The van der Waals surface area contributed by atoms with Crippen LogP contribution in [0, 0.1) is 0 Å². The molecular weight excluding hydrogens is 446 g/mol. The van der Waals surface area contributed by atoms with E-state index < -0.39 is 0 Å². The molecule has 9 heteroatoms. The third-order valence-electron chi connectivity index (χ3n) is 3.49. The molecule has 0 aliphatic carbocycles. The highest BCUT2D eigenvalue weighted by Crippen LogP contribution is 2.35. The molecule has 0 radical (unpaired) electrons. The summed E-state index contributed by atoms with van der Waals surface area (Å²) in [5.74, 6) is 0.831. The number of thiocarbonyl (C=S) groups is 1. The molecule has 0 heterocycles. The smallest absolute Gasteiger partial charge is 0.338 e. The van der Waals surface area contributed by atoms with Gasteiger partial charge in [0.25, 0.3) is 0 Å². The van der Waals surface area contributed by atoms with Crippen LogP contribution in [0.15, 0.2) is 46.0 Å². The third-order valence-corrected chi connectivity index (χ3v) is 4.27. The fraction of sp³-hybridized carbons (Fsp3) is 0.211. The second kappa shape index (κ2) is 10.6. The van der Waals surface area contributed by atoms with E-state index in [-0.39, 0.29) is 5.97 Å². The molecule has 0 bridgehead atoms. The van der Waals surface area contributed by atoms with Gasteiger partial charge in [0.05, 0.1) is 37.1 Å². The van der Waals surface area contributed by atoms with Crippen LogP contribution >= 0.6 is 28.1 Å². The number of halogens is 1. The summed E-state index contributed by atoms with van der Waals surface area (Å²) in [6.45, 7) is 2.10. The highest BCUT2D eigenvalue weighted by molar-refractivity contribution is 9.10. The van der Waals surface area contributed by atoms with Crippen molar-refractivity contribution in [3.63, 3.8) is 0 Å². The minimum absolute atomic E-state index is 0.305. The predicted octanol–water partition coefficient (Wildman–Crippen LogP) is 3.96. The van der Waals surface area contributed by atoms with Crippen LogP contribution in [-0.2, 0) is 4.74 Å². The zero-order valence-corrected chi connectivity index (χ0v) is 18.0. The van der Waals surface area contributed by atoms with Gasteiger partial charge in [-0.1, -0.05) is 0 Å². The molecule has 0 saturated heterocycles. The van der Waals surface area contributed by atoms with Crippen LogP contribution in [0.2, 0.25) is 0 Å². The summed E-state index contributed by atoms with van der Waals surface area (Å²) in [5.41, 5.74) is 4.72. The molecular formula is C19H20BrN3O4S. The Kier molecular flexibility index (Phi) is 8.21. The Morgan fingerprint density at radius 2 is 1.93 bits per heavy atom. The largest absolute Gasteiger partial charge is 0.493 e. The fourth-order valence-electron chi connectivity index (χ4n) is 2.24. The summed E-state index contributed by atoms with van der Waals surface area (Å²) in [6, 6.07) is 10.4. The molecule has 0 atom stereocenters. The molecule has 0 aliphatic heterocycles. The molecule has 2 aromatic carbocycles. The van der Waals surface area contributed by atoms with E-state index in [2.05, 4.69) is 31.8 Å². The van der Waals surface area contributed by atoms with Crippen LogP contribution < -0.4 is 20.2 Å². The van der Waals surface area contributed by atoms with Crippen LogP contribution in [0.3, 0.4) is 0 Å². The van der Waals surface area contributed by atoms with Crippen LogP contribution in [0.4, 0.5) is 5.69 Å². The molecule has 2 rings (SSSR count).